The zero-order chi connectivity index (χ0) is 23.0. The number of hydrogen-bond donors (Lipinski definition) is 1. The van der Waals surface area contributed by atoms with Gasteiger partial charge in [-0.15, -0.1) is 0 Å². The van der Waals surface area contributed by atoms with Gasteiger partial charge >= 0.3 is 6.03 Å². The Bertz CT molecular complexity index is 879. The first-order valence-corrected chi connectivity index (χ1v) is 10.8. The first kappa shape index (κ1) is 23.2. The predicted octanol–water partition coefficient (Wildman–Crippen LogP) is 3.84. The first-order valence-electron chi connectivity index (χ1n) is 10.8. The summed E-state index contributed by atoms with van der Waals surface area (Å²) >= 11 is 0. The molecule has 1 saturated carbocycles. The molecule has 1 spiro atoms. The Morgan fingerprint density at radius 3 is 2.45 bits per heavy atom. The molecule has 31 heavy (non-hydrogen) atoms. The second-order valence-corrected chi connectivity index (χ2v) is 9.52. The highest BCUT2D eigenvalue weighted by molar-refractivity contribution is 6.09. The molecule has 0 bridgehead atoms. The van der Waals surface area contributed by atoms with Crippen molar-refractivity contribution in [2.24, 2.45) is 11.3 Å². The maximum Gasteiger partial charge on any atom is 0.325 e. The van der Waals surface area contributed by atoms with Gasteiger partial charge in [0.2, 0.25) is 5.91 Å². The standard InChI is InChI=1S/C23H31F2N3O3/c1-5-22(2,3)16-8-10-23(11-9-16)20(30)28(21(31)26-23)14-19(29)27(4)13-15-6-7-17(24)18(25)12-15/h6-7,12,16H,5,8-11,13-14H2,1-4H3,(H,26,31). The SMILES string of the molecule is CCC(C)(C)C1CCC2(CC1)NC(=O)N(CC(=O)N(C)Cc1ccc(F)c(F)c1)C2=O. The predicted molar refractivity (Wildman–Crippen MR) is 112 cm³/mol. The Hall–Kier alpha value is -2.51. The molecule has 0 radical (unpaired) electrons. The maximum absolute atomic E-state index is 13.4. The molecule has 1 saturated heterocycles. The average Bonchev–Trinajstić information content (AvgIpc) is 2.95. The van der Waals surface area contributed by atoms with Crippen LogP contribution in [0.5, 0.6) is 0 Å². The first-order chi connectivity index (χ1) is 14.5. The lowest BCUT2D eigenvalue weighted by molar-refractivity contribution is -0.139. The summed E-state index contributed by atoms with van der Waals surface area (Å²) < 4.78 is 26.5. The van der Waals surface area contributed by atoms with Crippen LogP contribution in [0.2, 0.25) is 0 Å². The van der Waals surface area contributed by atoms with Crippen LogP contribution in [0, 0.1) is 23.0 Å². The van der Waals surface area contributed by atoms with E-state index in [1.807, 2.05) is 0 Å². The van der Waals surface area contributed by atoms with E-state index in [0.717, 1.165) is 36.3 Å². The van der Waals surface area contributed by atoms with Gasteiger partial charge in [0, 0.05) is 13.6 Å². The van der Waals surface area contributed by atoms with Gasteiger partial charge in [0.05, 0.1) is 0 Å². The summed E-state index contributed by atoms with van der Waals surface area (Å²) in [6, 6.07) is 2.87. The smallest absolute Gasteiger partial charge is 0.325 e. The molecule has 1 N–H and O–H groups in total. The molecule has 6 nitrogen and oxygen atoms in total. The number of amides is 4. The molecule has 1 heterocycles. The zero-order valence-electron chi connectivity index (χ0n) is 18.6. The normalized spacial score (nSPS) is 23.9. The second-order valence-electron chi connectivity index (χ2n) is 9.52. The summed E-state index contributed by atoms with van der Waals surface area (Å²) in [7, 11) is 1.50. The fourth-order valence-corrected chi connectivity index (χ4v) is 4.60. The van der Waals surface area contributed by atoms with E-state index in [1.54, 1.807) is 0 Å². The van der Waals surface area contributed by atoms with Crippen LogP contribution in [0.15, 0.2) is 18.2 Å². The van der Waals surface area contributed by atoms with Gasteiger partial charge in [-0.25, -0.2) is 13.6 Å². The molecule has 0 aromatic heterocycles. The van der Waals surface area contributed by atoms with E-state index in [2.05, 4.69) is 26.1 Å². The van der Waals surface area contributed by atoms with Crippen molar-refractivity contribution in [2.45, 2.75) is 65.0 Å². The molecule has 1 aliphatic heterocycles. The molecule has 1 aromatic rings. The Morgan fingerprint density at radius 1 is 1.23 bits per heavy atom. The van der Waals surface area contributed by atoms with Gasteiger partial charge in [0.25, 0.3) is 5.91 Å². The molecule has 0 atom stereocenters. The zero-order valence-corrected chi connectivity index (χ0v) is 18.6. The molecular weight excluding hydrogens is 404 g/mol. The number of carbonyl (C=O) groups is 3. The highest BCUT2D eigenvalue weighted by Crippen LogP contribution is 2.45. The summed E-state index contributed by atoms with van der Waals surface area (Å²) in [5.74, 6) is -2.26. The number of imide groups is 1. The van der Waals surface area contributed by atoms with Crippen LogP contribution >= 0.6 is 0 Å². The topological polar surface area (TPSA) is 69.7 Å². The van der Waals surface area contributed by atoms with Crippen LogP contribution in [0.4, 0.5) is 13.6 Å². The molecule has 3 rings (SSSR count). The molecular formula is C23H31F2N3O3. The number of nitrogens with one attached hydrogen (secondary N) is 1. The van der Waals surface area contributed by atoms with E-state index in [1.165, 1.54) is 18.0 Å². The van der Waals surface area contributed by atoms with Crippen LogP contribution in [0.25, 0.3) is 0 Å². The molecule has 8 heteroatoms. The Morgan fingerprint density at radius 2 is 1.87 bits per heavy atom. The van der Waals surface area contributed by atoms with Gasteiger partial charge in [-0.1, -0.05) is 33.3 Å². The number of rotatable bonds is 6. The van der Waals surface area contributed by atoms with Gasteiger partial charge < -0.3 is 10.2 Å². The minimum absolute atomic E-state index is 0.0403. The van der Waals surface area contributed by atoms with Gasteiger partial charge in [-0.2, -0.15) is 0 Å². The minimum atomic E-state index is -0.990. The fourth-order valence-electron chi connectivity index (χ4n) is 4.60. The van der Waals surface area contributed by atoms with Crippen LogP contribution in [0.1, 0.15) is 58.4 Å². The van der Waals surface area contributed by atoms with Gasteiger partial charge in [0.1, 0.15) is 12.1 Å². The highest BCUT2D eigenvalue weighted by Gasteiger charge is 2.53. The van der Waals surface area contributed by atoms with Crippen LogP contribution < -0.4 is 5.32 Å². The van der Waals surface area contributed by atoms with Crippen molar-refractivity contribution in [1.29, 1.82) is 0 Å². The fraction of sp³-hybridized carbons (Fsp3) is 0.609. The van der Waals surface area contributed by atoms with Crippen molar-refractivity contribution >= 4 is 17.8 Å². The number of nitrogens with zero attached hydrogens (tertiary/aromatic N) is 2. The number of urea groups is 1. The van der Waals surface area contributed by atoms with Crippen molar-refractivity contribution in [2.75, 3.05) is 13.6 Å². The largest absolute Gasteiger partial charge is 0.340 e. The lowest BCUT2D eigenvalue weighted by atomic mass is 9.65. The van der Waals surface area contributed by atoms with E-state index >= 15 is 0 Å². The lowest BCUT2D eigenvalue weighted by Gasteiger charge is -2.42. The molecule has 1 aromatic carbocycles. The molecule has 0 unspecified atom stereocenters. The van der Waals surface area contributed by atoms with E-state index in [4.69, 9.17) is 0 Å². The summed E-state index contributed by atoms with van der Waals surface area (Å²) in [5, 5.41) is 2.84. The quantitative estimate of drug-likeness (QED) is 0.691. The Kier molecular flexibility index (Phi) is 6.39. The van der Waals surface area contributed by atoms with E-state index in [0.29, 0.717) is 24.3 Å². The van der Waals surface area contributed by atoms with Crippen molar-refractivity contribution in [1.82, 2.24) is 15.1 Å². The lowest BCUT2D eigenvalue weighted by Crippen LogP contribution is -2.51. The van der Waals surface area contributed by atoms with Gasteiger partial charge in [-0.05, 0) is 54.7 Å². The molecule has 170 valence electrons. The number of benzene rings is 1. The highest BCUT2D eigenvalue weighted by atomic mass is 19.2. The van der Waals surface area contributed by atoms with Crippen LogP contribution in [-0.4, -0.2) is 46.8 Å². The van der Waals surface area contributed by atoms with E-state index in [9.17, 15) is 23.2 Å². The summed E-state index contributed by atoms with van der Waals surface area (Å²) in [5.41, 5.74) is -0.317. The number of halogens is 2. The molecule has 2 aliphatic rings. The summed E-state index contributed by atoms with van der Waals surface area (Å²) in [6.45, 7) is 6.29. The number of hydrogen-bond acceptors (Lipinski definition) is 3. The van der Waals surface area contributed by atoms with Gasteiger partial charge in [-0.3, -0.25) is 14.5 Å². The van der Waals surface area contributed by atoms with Crippen molar-refractivity contribution in [3.05, 3.63) is 35.4 Å². The van der Waals surface area contributed by atoms with Crippen molar-refractivity contribution < 1.29 is 23.2 Å². The molecule has 4 amide bonds. The molecule has 2 fully saturated rings. The third-order valence-corrected chi connectivity index (χ3v) is 7.22. The third-order valence-electron chi connectivity index (χ3n) is 7.22. The summed E-state index contributed by atoms with van der Waals surface area (Å²) in [4.78, 5) is 40.5. The van der Waals surface area contributed by atoms with Crippen molar-refractivity contribution in [3.63, 3.8) is 0 Å². The van der Waals surface area contributed by atoms with E-state index in [-0.39, 0.29) is 24.4 Å². The Balaban J connectivity index is 1.62. The second kappa shape index (κ2) is 8.55. The number of likely N-dealkylation sites (N-methyl/N-ethyl adjacent to an activating group) is 1. The number of carbonyl (C=O) groups excluding carboxylic acids is 3. The third kappa shape index (κ3) is 4.57. The van der Waals surface area contributed by atoms with Crippen LogP contribution in [0.3, 0.4) is 0 Å². The summed E-state index contributed by atoms with van der Waals surface area (Å²) in [6.07, 6.45) is 3.90. The van der Waals surface area contributed by atoms with Crippen LogP contribution in [-0.2, 0) is 16.1 Å². The average molecular weight is 436 g/mol. The van der Waals surface area contributed by atoms with Gasteiger partial charge in [0.15, 0.2) is 11.6 Å². The Labute approximate surface area is 182 Å². The van der Waals surface area contributed by atoms with E-state index < -0.39 is 29.1 Å². The monoisotopic (exact) mass is 435 g/mol. The molecule has 1 aliphatic carbocycles. The van der Waals surface area contributed by atoms with Crippen molar-refractivity contribution in [3.8, 4) is 0 Å². The maximum atomic E-state index is 13.4. The minimum Gasteiger partial charge on any atom is -0.340 e.